The van der Waals surface area contributed by atoms with Crippen molar-refractivity contribution in [2.45, 2.75) is 65.9 Å². The fourth-order valence-electron chi connectivity index (χ4n) is 3.47. The summed E-state index contributed by atoms with van der Waals surface area (Å²) in [5.41, 5.74) is 3.14. The predicted molar refractivity (Wildman–Crippen MR) is 85.8 cm³/mol. The molecule has 1 aromatic rings. The molecular formula is C19H30O. The third-order valence-electron chi connectivity index (χ3n) is 5.10. The van der Waals surface area contributed by atoms with Gasteiger partial charge in [0.1, 0.15) is 0 Å². The molecule has 1 fully saturated rings. The summed E-state index contributed by atoms with van der Waals surface area (Å²) >= 11 is 0. The molecule has 1 aromatic carbocycles. The third-order valence-corrected chi connectivity index (χ3v) is 5.10. The van der Waals surface area contributed by atoms with E-state index < -0.39 is 0 Å². The Morgan fingerprint density at radius 2 is 1.65 bits per heavy atom. The van der Waals surface area contributed by atoms with Gasteiger partial charge in [0.2, 0.25) is 0 Å². The Kier molecular flexibility index (Phi) is 4.90. The molecule has 1 heteroatoms. The van der Waals surface area contributed by atoms with Crippen LogP contribution >= 0.6 is 0 Å². The van der Waals surface area contributed by atoms with Gasteiger partial charge in [-0.05, 0) is 60.5 Å². The van der Waals surface area contributed by atoms with Crippen LogP contribution in [0.1, 0.15) is 58.1 Å². The maximum atomic E-state index is 10.3. The van der Waals surface area contributed by atoms with Gasteiger partial charge in [0.05, 0.1) is 6.10 Å². The lowest BCUT2D eigenvalue weighted by molar-refractivity contribution is 0.0196. The normalized spacial score (nSPS) is 27.6. The van der Waals surface area contributed by atoms with Crippen LogP contribution < -0.4 is 0 Å². The van der Waals surface area contributed by atoms with Crippen LogP contribution in [0.5, 0.6) is 0 Å². The molecule has 1 nitrogen and oxygen atoms in total. The first-order chi connectivity index (χ1) is 9.40. The molecule has 2 rings (SSSR count). The van der Waals surface area contributed by atoms with Gasteiger partial charge in [0.15, 0.2) is 0 Å². The van der Waals surface area contributed by atoms with E-state index in [1.165, 1.54) is 24.0 Å². The molecule has 1 N–H and O–H groups in total. The molecule has 112 valence electrons. The van der Waals surface area contributed by atoms with Crippen LogP contribution in [-0.2, 0) is 12.8 Å². The molecule has 1 saturated carbocycles. The van der Waals surface area contributed by atoms with Crippen molar-refractivity contribution in [2.75, 3.05) is 0 Å². The Hall–Kier alpha value is -0.820. The summed E-state index contributed by atoms with van der Waals surface area (Å²) in [6, 6.07) is 8.94. The first kappa shape index (κ1) is 15.6. The van der Waals surface area contributed by atoms with E-state index in [0.717, 1.165) is 25.2 Å². The Bertz CT molecular complexity index is 412. The van der Waals surface area contributed by atoms with Gasteiger partial charge < -0.3 is 5.11 Å². The van der Waals surface area contributed by atoms with Crippen LogP contribution in [0.4, 0.5) is 0 Å². The van der Waals surface area contributed by atoms with Crippen molar-refractivity contribution in [1.82, 2.24) is 0 Å². The molecule has 3 atom stereocenters. The number of hydrogen-bond donors (Lipinski definition) is 1. The molecule has 3 unspecified atom stereocenters. The fourth-order valence-corrected chi connectivity index (χ4v) is 3.47. The molecule has 0 aliphatic heterocycles. The first-order valence-corrected chi connectivity index (χ1v) is 8.16. The van der Waals surface area contributed by atoms with Crippen molar-refractivity contribution in [3.63, 3.8) is 0 Å². The highest BCUT2D eigenvalue weighted by molar-refractivity contribution is 5.23. The van der Waals surface area contributed by atoms with Gasteiger partial charge in [0.25, 0.3) is 0 Å². The highest BCUT2D eigenvalue weighted by atomic mass is 16.3. The summed E-state index contributed by atoms with van der Waals surface area (Å²) in [6.45, 7) is 9.20. The topological polar surface area (TPSA) is 20.2 Å². The lowest BCUT2D eigenvalue weighted by Gasteiger charge is -2.40. The molecule has 1 aliphatic carbocycles. The molecule has 0 saturated heterocycles. The van der Waals surface area contributed by atoms with E-state index in [2.05, 4.69) is 52.0 Å². The summed E-state index contributed by atoms with van der Waals surface area (Å²) in [5, 5.41) is 10.3. The molecule has 0 radical (unpaired) electrons. The lowest BCUT2D eigenvalue weighted by Crippen LogP contribution is -2.35. The minimum absolute atomic E-state index is 0.112. The maximum absolute atomic E-state index is 10.3. The highest BCUT2D eigenvalue weighted by Crippen LogP contribution is 2.41. The van der Waals surface area contributed by atoms with Crippen LogP contribution in [0, 0.1) is 17.3 Å². The van der Waals surface area contributed by atoms with Crippen molar-refractivity contribution in [3.8, 4) is 0 Å². The number of rotatable bonds is 3. The zero-order chi connectivity index (χ0) is 14.8. The summed E-state index contributed by atoms with van der Waals surface area (Å²) in [4.78, 5) is 0. The SMILES string of the molecule is CCc1ccc(CC2CC(C(C)(C)C)CCC2O)cc1. The van der Waals surface area contributed by atoms with Crippen molar-refractivity contribution in [1.29, 1.82) is 0 Å². The average molecular weight is 274 g/mol. The minimum Gasteiger partial charge on any atom is -0.393 e. The number of aryl methyl sites for hydroxylation is 1. The molecule has 20 heavy (non-hydrogen) atoms. The molecule has 0 heterocycles. The first-order valence-electron chi connectivity index (χ1n) is 8.16. The van der Waals surface area contributed by atoms with Crippen LogP contribution in [0.15, 0.2) is 24.3 Å². The van der Waals surface area contributed by atoms with E-state index >= 15 is 0 Å². The Morgan fingerprint density at radius 3 is 2.20 bits per heavy atom. The largest absolute Gasteiger partial charge is 0.393 e. The third kappa shape index (κ3) is 3.85. The van der Waals surface area contributed by atoms with E-state index in [1.54, 1.807) is 0 Å². The second-order valence-corrected chi connectivity index (χ2v) is 7.58. The minimum atomic E-state index is -0.112. The monoisotopic (exact) mass is 274 g/mol. The van der Waals surface area contributed by atoms with Crippen LogP contribution in [0.25, 0.3) is 0 Å². The van der Waals surface area contributed by atoms with Gasteiger partial charge in [-0.15, -0.1) is 0 Å². The molecule has 0 aromatic heterocycles. The Balaban J connectivity index is 2.02. The molecule has 0 amide bonds. The van der Waals surface area contributed by atoms with E-state index in [1.807, 2.05) is 0 Å². The summed E-state index contributed by atoms with van der Waals surface area (Å²) in [7, 11) is 0. The highest BCUT2D eigenvalue weighted by Gasteiger charge is 2.34. The zero-order valence-electron chi connectivity index (χ0n) is 13.5. The van der Waals surface area contributed by atoms with Crippen LogP contribution in [0.2, 0.25) is 0 Å². The van der Waals surface area contributed by atoms with Crippen molar-refractivity contribution >= 4 is 0 Å². The average Bonchev–Trinajstić information content (AvgIpc) is 2.41. The van der Waals surface area contributed by atoms with Gasteiger partial charge in [-0.25, -0.2) is 0 Å². The second kappa shape index (κ2) is 6.30. The second-order valence-electron chi connectivity index (χ2n) is 7.58. The zero-order valence-corrected chi connectivity index (χ0v) is 13.5. The number of hydrogen-bond acceptors (Lipinski definition) is 1. The number of benzene rings is 1. The molecule has 0 bridgehead atoms. The van der Waals surface area contributed by atoms with Crippen LogP contribution in [-0.4, -0.2) is 11.2 Å². The molecule has 1 aliphatic rings. The molecular weight excluding hydrogens is 244 g/mol. The van der Waals surface area contributed by atoms with Crippen molar-refractivity contribution < 1.29 is 5.11 Å². The van der Waals surface area contributed by atoms with E-state index in [-0.39, 0.29) is 6.10 Å². The van der Waals surface area contributed by atoms with Gasteiger partial charge in [-0.3, -0.25) is 0 Å². The number of aliphatic hydroxyl groups excluding tert-OH is 1. The fraction of sp³-hybridized carbons (Fsp3) is 0.684. The lowest BCUT2D eigenvalue weighted by atomic mass is 9.67. The Morgan fingerprint density at radius 1 is 1.05 bits per heavy atom. The van der Waals surface area contributed by atoms with E-state index in [0.29, 0.717) is 11.3 Å². The van der Waals surface area contributed by atoms with Gasteiger partial charge in [-0.2, -0.15) is 0 Å². The smallest absolute Gasteiger partial charge is 0.0571 e. The number of aliphatic hydroxyl groups is 1. The molecule has 0 spiro atoms. The Labute approximate surface area is 124 Å². The summed E-state index contributed by atoms with van der Waals surface area (Å²) in [6.07, 6.45) is 5.32. The summed E-state index contributed by atoms with van der Waals surface area (Å²) in [5.74, 6) is 1.17. The van der Waals surface area contributed by atoms with Gasteiger partial charge in [-0.1, -0.05) is 52.0 Å². The van der Waals surface area contributed by atoms with Gasteiger partial charge >= 0.3 is 0 Å². The van der Waals surface area contributed by atoms with Crippen molar-refractivity contribution in [3.05, 3.63) is 35.4 Å². The maximum Gasteiger partial charge on any atom is 0.0571 e. The standard InChI is InChI=1S/C19H30O/c1-5-14-6-8-15(9-7-14)12-16-13-17(19(2,3)4)10-11-18(16)20/h6-9,16-18,20H,5,10-13H2,1-4H3. The van der Waals surface area contributed by atoms with E-state index in [9.17, 15) is 5.11 Å². The summed E-state index contributed by atoms with van der Waals surface area (Å²) < 4.78 is 0. The van der Waals surface area contributed by atoms with Crippen molar-refractivity contribution in [2.24, 2.45) is 17.3 Å². The predicted octanol–water partition coefficient (Wildman–Crippen LogP) is 4.61. The quantitative estimate of drug-likeness (QED) is 0.853. The van der Waals surface area contributed by atoms with Gasteiger partial charge in [0, 0.05) is 0 Å². The van der Waals surface area contributed by atoms with Crippen LogP contribution in [0.3, 0.4) is 0 Å². The van der Waals surface area contributed by atoms with E-state index in [4.69, 9.17) is 0 Å².